The Morgan fingerprint density at radius 3 is 2.54 bits per heavy atom. The fourth-order valence-electron chi connectivity index (χ4n) is 3.03. The van der Waals surface area contributed by atoms with Crippen LogP contribution in [0.25, 0.3) is 0 Å². The summed E-state index contributed by atoms with van der Waals surface area (Å²) in [5.41, 5.74) is 2.97. The van der Waals surface area contributed by atoms with Gasteiger partial charge in [-0.15, -0.1) is 0 Å². The van der Waals surface area contributed by atoms with Gasteiger partial charge in [0.2, 0.25) is 5.78 Å². The maximum Gasteiger partial charge on any atom is 0.338 e. The quantitative estimate of drug-likeness (QED) is 0.479. The summed E-state index contributed by atoms with van der Waals surface area (Å²) in [6.07, 6.45) is 0.681. The van der Waals surface area contributed by atoms with Crippen LogP contribution < -0.4 is 0 Å². The van der Waals surface area contributed by atoms with Crippen molar-refractivity contribution in [1.29, 1.82) is 5.26 Å². The van der Waals surface area contributed by atoms with E-state index in [0.717, 1.165) is 17.1 Å². The second-order valence-electron chi connectivity index (χ2n) is 6.55. The average Bonchev–Trinajstić information content (AvgIpc) is 3.31. The lowest BCUT2D eigenvalue weighted by Crippen LogP contribution is -2.25. The topological polar surface area (TPSA) is 85.2 Å². The molecular weight excluding hydrogens is 356 g/mol. The number of nitriles is 1. The summed E-state index contributed by atoms with van der Waals surface area (Å²) in [6, 6.07) is 13.6. The van der Waals surface area contributed by atoms with Gasteiger partial charge in [-0.2, -0.15) is 5.26 Å². The second kappa shape index (κ2) is 7.97. The zero-order valence-corrected chi connectivity index (χ0v) is 15.9. The molecule has 0 fully saturated rings. The second-order valence-corrected chi connectivity index (χ2v) is 6.55. The number of esters is 1. The number of benzene rings is 1. The van der Waals surface area contributed by atoms with E-state index in [0.29, 0.717) is 23.2 Å². The van der Waals surface area contributed by atoms with E-state index in [-0.39, 0.29) is 5.78 Å². The van der Waals surface area contributed by atoms with E-state index in [4.69, 9.17) is 14.4 Å². The number of carbonyl (C=O) groups is 2. The Balaban J connectivity index is 1.74. The van der Waals surface area contributed by atoms with Crippen molar-refractivity contribution in [3.05, 3.63) is 82.6 Å². The Hall–Kier alpha value is -3.59. The van der Waals surface area contributed by atoms with Gasteiger partial charge in [0, 0.05) is 17.0 Å². The summed E-state index contributed by atoms with van der Waals surface area (Å²) < 4.78 is 12.7. The minimum absolute atomic E-state index is 0.263. The van der Waals surface area contributed by atoms with E-state index in [1.807, 2.05) is 36.6 Å². The van der Waals surface area contributed by atoms with Crippen LogP contribution in [0.15, 0.2) is 53.1 Å². The van der Waals surface area contributed by atoms with Crippen LogP contribution in [0.4, 0.5) is 0 Å². The molecule has 6 nitrogen and oxygen atoms in total. The van der Waals surface area contributed by atoms with Crippen molar-refractivity contribution in [2.75, 3.05) is 0 Å². The molecule has 2 heterocycles. The van der Waals surface area contributed by atoms with Crippen molar-refractivity contribution in [2.45, 2.75) is 33.4 Å². The summed E-state index contributed by atoms with van der Waals surface area (Å²) in [7, 11) is 0. The number of furan rings is 1. The fraction of sp³-hybridized carbons (Fsp3) is 0.227. The zero-order valence-electron chi connectivity index (χ0n) is 15.9. The van der Waals surface area contributed by atoms with E-state index >= 15 is 0 Å². The molecule has 0 aliphatic heterocycles. The highest BCUT2D eigenvalue weighted by molar-refractivity contribution is 6.02. The molecule has 0 amide bonds. The predicted molar refractivity (Wildman–Crippen MR) is 102 cm³/mol. The summed E-state index contributed by atoms with van der Waals surface area (Å²) in [5, 5.41) is 8.82. The smallest absolute Gasteiger partial charge is 0.338 e. The minimum Gasteiger partial charge on any atom is -0.467 e. The first-order valence-electron chi connectivity index (χ1n) is 8.85. The Morgan fingerprint density at radius 2 is 1.93 bits per heavy atom. The van der Waals surface area contributed by atoms with Crippen molar-refractivity contribution < 1.29 is 18.7 Å². The minimum atomic E-state index is -0.930. The lowest BCUT2D eigenvalue weighted by molar-refractivity contribution is 0.0318. The highest BCUT2D eigenvalue weighted by atomic mass is 16.5. The van der Waals surface area contributed by atoms with Gasteiger partial charge >= 0.3 is 5.97 Å². The Morgan fingerprint density at radius 1 is 1.21 bits per heavy atom. The van der Waals surface area contributed by atoms with Gasteiger partial charge in [0.05, 0.1) is 30.0 Å². The molecular formula is C22H20N2O4. The summed E-state index contributed by atoms with van der Waals surface area (Å²) >= 11 is 0. The van der Waals surface area contributed by atoms with Gasteiger partial charge in [0.15, 0.2) is 6.10 Å². The number of ether oxygens (including phenoxy) is 1. The zero-order chi connectivity index (χ0) is 20.3. The summed E-state index contributed by atoms with van der Waals surface area (Å²) in [6.45, 7) is 5.86. The van der Waals surface area contributed by atoms with Crippen molar-refractivity contribution in [3.8, 4) is 6.07 Å². The van der Waals surface area contributed by atoms with Crippen molar-refractivity contribution in [3.63, 3.8) is 0 Å². The van der Waals surface area contributed by atoms with Gasteiger partial charge < -0.3 is 13.7 Å². The van der Waals surface area contributed by atoms with Gasteiger partial charge in [-0.05, 0) is 63.2 Å². The molecule has 3 rings (SSSR count). The SMILES string of the molecule is Cc1cc(C(=O)[C@@H](C)OC(=O)c2ccc(C#N)cc2)c(C)n1Cc1ccco1. The van der Waals surface area contributed by atoms with Crippen LogP contribution >= 0.6 is 0 Å². The first kappa shape index (κ1) is 19.2. The monoisotopic (exact) mass is 376 g/mol. The lowest BCUT2D eigenvalue weighted by atomic mass is 10.1. The molecule has 0 aliphatic rings. The average molecular weight is 376 g/mol. The predicted octanol–water partition coefficient (Wildman–Crippen LogP) is 4.05. The molecule has 3 aromatic rings. The molecule has 1 atom stereocenters. The third-order valence-electron chi connectivity index (χ3n) is 4.64. The maximum atomic E-state index is 12.8. The molecule has 0 spiro atoms. The number of nitrogens with zero attached hydrogens (tertiary/aromatic N) is 2. The highest BCUT2D eigenvalue weighted by Crippen LogP contribution is 2.20. The van der Waals surface area contributed by atoms with Crippen LogP contribution in [0, 0.1) is 25.2 Å². The molecule has 0 radical (unpaired) electrons. The van der Waals surface area contributed by atoms with Gasteiger partial charge in [0.1, 0.15) is 5.76 Å². The maximum absolute atomic E-state index is 12.8. The van der Waals surface area contributed by atoms with Crippen molar-refractivity contribution >= 4 is 11.8 Å². The molecule has 0 saturated carbocycles. The van der Waals surface area contributed by atoms with Crippen LogP contribution in [-0.4, -0.2) is 22.4 Å². The van der Waals surface area contributed by atoms with E-state index < -0.39 is 12.1 Å². The van der Waals surface area contributed by atoms with Gasteiger partial charge in [0.25, 0.3) is 0 Å². The molecule has 6 heteroatoms. The van der Waals surface area contributed by atoms with Crippen LogP contribution in [0.5, 0.6) is 0 Å². The number of aromatic nitrogens is 1. The molecule has 0 aliphatic carbocycles. The largest absolute Gasteiger partial charge is 0.467 e. The van der Waals surface area contributed by atoms with Crippen LogP contribution in [0.2, 0.25) is 0 Å². The fourth-order valence-corrected chi connectivity index (χ4v) is 3.03. The van der Waals surface area contributed by atoms with Gasteiger partial charge in [-0.1, -0.05) is 0 Å². The van der Waals surface area contributed by atoms with Crippen LogP contribution in [0.3, 0.4) is 0 Å². The number of ketones is 1. The number of Topliss-reactive ketones (excluding diaryl/α,β-unsaturated/α-hetero) is 1. The molecule has 0 saturated heterocycles. The Labute approximate surface area is 163 Å². The van der Waals surface area contributed by atoms with E-state index in [9.17, 15) is 9.59 Å². The first-order valence-corrected chi connectivity index (χ1v) is 8.85. The molecule has 0 unspecified atom stereocenters. The highest BCUT2D eigenvalue weighted by Gasteiger charge is 2.24. The third-order valence-corrected chi connectivity index (χ3v) is 4.64. The van der Waals surface area contributed by atoms with Crippen LogP contribution in [-0.2, 0) is 11.3 Å². The first-order chi connectivity index (χ1) is 13.4. The summed E-state index contributed by atoms with van der Waals surface area (Å²) in [5.74, 6) is -0.0726. The normalized spacial score (nSPS) is 11.6. The Kier molecular flexibility index (Phi) is 5.46. The summed E-state index contributed by atoms with van der Waals surface area (Å²) in [4.78, 5) is 25.1. The number of rotatable bonds is 6. The van der Waals surface area contributed by atoms with Gasteiger partial charge in [-0.3, -0.25) is 4.79 Å². The lowest BCUT2D eigenvalue weighted by Gasteiger charge is -2.13. The molecule has 28 heavy (non-hydrogen) atoms. The van der Waals surface area contributed by atoms with Gasteiger partial charge in [-0.25, -0.2) is 4.79 Å². The molecule has 142 valence electrons. The van der Waals surface area contributed by atoms with E-state index in [1.165, 1.54) is 24.3 Å². The molecule has 2 aromatic heterocycles. The molecule has 0 N–H and O–H groups in total. The number of hydrogen-bond acceptors (Lipinski definition) is 5. The number of carbonyl (C=O) groups excluding carboxylic acids is 2. The molecule has 0 bridgehead atoms. The van der Waals surface area contributed by atoms with E-state index in [1.54, 1.807) is 19.3 Å². The van der Waals surface area contributed by atoms with Crippen molar-refractivity contribution in [1.82, 2.24) is 4.57 Å². The third kappa shape index (κ3) is 3.89. The van der Waals surface area contributed by atoms with E-state index in [2.05, 4.69) is 0 Å². The molecule has 1 aromatic carbocycles. The number of aryl methyl sites for hydroxylation is 1. The standard InChI is InChI=1S/C22H20N2O4/c1-14-11-20(15(2)24(14)13-19-5-4-10-27-19)21(25)16(3)28-22(26)18-8-6-17(12-23)7-9-18/h4-11,16H,13H2,1-3H3/t16-/m1/s1. The van der Waals surface area contributed by atoms with Crippen molar-refractivity contribution in [2.24, 2.45) is 0 Å². The van der Waals surface area contributed by atoms with Crippen LogP contribution in [0.1, 0.15) is 50.4 Å². The number of hydrogen-bond donors (Lipinski definition) is 0. The Bertz CT molecular complexity index is 1040.